The van der Waals surface area contributed by atoms with Crippen LogP contribution < -0.4 is 10.9 Å². The molecule has 0 aliphatic heterocycles. The topological polar surface area (TPSA) is 99.3 Å². The lowest BCUT2D eigenvalue weighted by Gasteiger charge is -2.33. The molecule has 1 aromatic heterocycles. The molecule has 1 amide bonds. The maximum atomic E-state index is 12.0. The minimum Gasteiger partial charge on any atom is -0.480 e. The molecule has 1 aliphatic carbocycles. The van der Waals surface area contributed by atoms with E-state index in [0.717, 1.165) is 19.3 Å². The number of carboxylic acids is 1. The molecule has 0 unspecified atom stereocenters. The molecule has 2 rings (SSSR count). The van der Waals surface area contributed by atoms with Crippen molar-refractivity contribution in [3.05, 3.63) is 34.2 Å². The summed E-state index contributed by atoms with van der Waals surface area (Å²) in [5.74, 6) is -1.67. The maximum Gasteiger partial charge on any atom is 0.329 e. The van der Waals surface area contributed by atoms with E-state index in [4.69, 9.17) is 0 Å². The average molecular weight is 264 g/mol. The summed E-state index contributed by atoms with van der Waals surface area (Å²) in [5, 5.41) is 11.9. The lowest BCUT2D eigenvalue weighted by molar-refractivity contribution is -0.145. The van der Waals surface area contributed by atoms with E-state index in [1.165, 1.54) is 18.3 Å². The number of pyridine rings is 1. The normalized spacial score (nSPS) is 17.7. The molecule has 19 heavy (non-hydrogen) atoms. The minimum atomic E-state index is -1.24. The van der Waals surface area contributed by atoms with Crippen molar-refractivity contribution in [1.29, 1.82) is 0 Å². The fraction of sp³-hybridized carbons (Fsp3) is 0.462. The highest BCUT2D eigenvalue weighted by atomic mass is 16.4. The number of carbonyl (C=O) groups excluding carboxylic acids is 1. The van der Waals surface area contributed by atoms with Crippen LogP contribution in [0.1, 0.15) is 42.5 Å². The summed E-state index contributed by atoms with van der Waals surface area (Å²) in [6.07, 6.45) is 4.72. The fourth-order valence-corrected chi connectivity index (χ4v) is 2.43. The van der Waals surface area contributed by atoms with Crippen molar-refractivity contribution in [1.82, 2.24) is 10.3 Å². The number of aliphatic carboxylic acids is 1. The number of hydrogen-bond donors (Lipinski definition) is 3. The number of hydrogen-bond acceptors (Lipinski definition) is 3. The zero-order valence-electron chi connectivity index (χ0n) is 10.4. The summed E-state index contributed by atoms with van der Waals surface area (Å²) < 4.78 is 0. The number of nitrogens with one attached hydrogen (secondary N) is 2. The van der Waals surface area contributed by atoms with Gasteiger partial charge in [0.25, 0.3) is 11.5 Å². The van der Waals surface area contributed by atoms with Gasteiger partial charge < -0.3 is 15.4 Å². The van der Waals surface area contributed by atoms with Gasteiger partial charge in [0, 0.05) is 6.20 Å². The Hall–Kier alpha value is -2.11. The van der Waals surface area contributed by atoms with Crippen molar-refractivity contribution in [3.63, 3.8) is 0 Å². The van der Waals surface area contributed by atoms with Gasteiger partial charge in [0.15, 0.2) is 0 Å². The van der Waals surface area contributed by atoms with Crippen molar-refractivity contribution < 1.29 is 14.7 Å². The van der Waals surface area contributed by atoms with Gasteiger partial charge in [-0.15, -0.1) is 0 Å². The van der Waals surface area contributed by atoms with Crippen molar-refractivity contribution in [3.8, 4) is 0 Å². The van der Waals surface area contributed by atoms with Gasteiger partial charge >= 0.3 is 5.97 Å². The fourth-order valence-electron chi connectivity index (χ4n) is 2.43. The highest BCUT2D eigenvalue weighted by Gasteiger charge is 2.41. The van der Waals surface area contributed by atoms with Crippen LogP contribution in [-0.2, 0) is 4.79 Å². The molecule has 0 bridgehead atoms. The Morgan fingerprint density at radius 2 is 1.95 bits per heavy atom. The van der Waals surface area contributed by atoms with E-state index in [9.17, 15) is 19.5 Å². The molecule has 0 aromatic carbocycles. The van der Waals surface area contributed by atoms with E-state index in [1.54, 1.807) is 0 Å². The quantitative estimate of drug-likeness (QED) is 0.755. The predicted octanol–water partition coefficient (Wildman–Crippen LogP) is 0.892. The Labute approximate surface area is 109 Å². The van der Waals surface area contributed by atoms with Gasteiger partial charge in [-0.25, -0.2) is 4.79 Å². The summed E-state index contributed by atoms with van der Waals surface area (Å²) in [6, 6.07) is 2.91. The van der Waals surface area contributed by atoms with Gasteiger partial charge in [-0.3, -0.25) is 9.59 Å². The van der Waals surface area contributed by atoms with E-state index < -0.39 is 23.0 Å². The van der Waals surface area contributed by atoms with E-state index in [-0.39, 0.29) is 5.56 Å². The van der Waals surface area contributed by atoms with Gasteiger partial charge in [-0.2, -0.15) is 0 Å². The molecule has 0 radical (unpaired) electrons. The van der Waals surface area contributed by atoms with Gasteiger partial charge in [0.1, 0.15) is 11.1 Å². The predicted molar refractivity (Wildman–Crippen MR) is 68.0 cm³/mol. The SMILES string of the molecule is O=C(NC1(C(=O)O)CCCCC1)c1ccc[nH]c1=O. The number of aromatic amines is 1. The smallest absolute Gasteiger partial charge is 0.329 e. The minimum absolute atomic E-state index is 0.0614. The molecule has 1 saturated carbocycles. The maximum absolute atomic E-state index is 12.0. The molecule has 6 heteroatoms. The molecule has 102 valence electrons. The van der Waals surface area contributed by atoms with Crippen molar-refractivity contribution >= 4 is 11.9 Å². The lowest BCUT2D eigenvalue weighted by atomic mass is 9.81. The molecule has 0 saturated heterocycles. The third kappa shape index (κ3) is 2.67. The molecule has 1 fully saturated rings. The molecule has 1 aliphatic rings. The van der Waals surface area contributed by atoms with E-state index >= 15 is 0 Å². The van der Waals surface area contributed by atoms with Gasteiger partial charge in [-0.1, -0.05) is 19.3 Å². The molecule has 0 spiro atoms. The Bertz CT molecular complexity index is 544. The van der Waals surface area contributed by atoms with Crippen LogP contribution in [0.5, 0.6) is 0 Å². The van der Waals surface area contributed by atoms with Crippen LogP contribution in [0.3, 0.4) is 0 Å². The second kappa shape index (κ2) is 5.26. The second-order valence-corrected chi connectivity index (χ2v) is 4.81. The van der Waals surface area contributed by atoms with Crippen LogP contribution in [0.4, 0.5) is 0 Å². The molecule has 0 atom stereocenters. The standard InChI is InChI=1S/C13H16N2O4/c16-10-9(5-4-8-14-10)11(17)15-13(12(18)19)6-2-1-3-7-13/h4-5,8H,1-3,6-7H2,(H,14,16)(H,15,17)(H,18,19). The van der Waals surface area contributed by atoms with Crippen molar-refractivity contribution in [2.24, 2.45) is 0 Å². The van der Waals surface area contributed by atoms with Gasteiger partial charge in [0.2, 0.25) is 0 Å². The van der Waals surface area contributed by atoms with Crippen LogP contribution in [0.2, 0.25) is 0 Å². The van der Waals surface area contributed by atoms with Gasteiger partial charge in [0.05, 0.1) is 0 Å². The van der Waals surface area contributed by atoms with E-state index in [1.807, 2.05) is 0 Å². The zero-order chi connectivity index (χ0) is 13.9. The first-order valence-electron chi connectivity index (χ1n) is 6.29. The van der Waals surface area contributed by atoms with Crippen LogP contribution in [0, 0.1) is 0 Å². The number of H-pyrrole nitrogens is 1. The van der Waals surface area contributed by atoms with Crippen molar-refractivity contribution in [2.75, 3.05) is 0 Å². The third-order valence-electron chi connectivity index (χ3n) is 3.53. The zero-order valence-corrected chi connectivity index (χ0v) is 10.4. The summed E-state index contributed by atoms with van der Waals surface area (Å²) in [7, 11) is 0. The Kier molecular flexibility index (Phi) is 3.69. The molecule has 1 aromatic rings. The van der Waals surface area contributed by atoms with E-state index in [2.05, 4.69) is 10.3 Å². The van der Waals surface area contributed by atoms with Gasteiger partial charge in [-0.05, 0) is 25.0 Å². The molecular formula is C13H16N2O4. The monoisotopic (exact) mass is 264 g/mol. The molecule has 1 heterocycles. The number of amides is 1. The second-order valence-electron chi connectivity index (χ2n) is 4.81. The van der Waals surface area contributed by atoms with Crippen molar-refractivity contribution in [2.45, 2.75) is 37.6 Å². The first-order chi connectivity index (χ1) is 9.05. The first kappa shape index (κ1) is 13.3. The third-order valence-corrected chi connectivity index (χ3v) is 3.53. The number of carbonyl (C=O) groups is 2. The molecule has 6 nitrogen and oxygen atoms in total. The Morgan fingerprint density at radius 1 is 1.26 bits per heavy atom. The van der Waals surface area contributed by atoms with Crippen LogP contribution in [0.25, 0.3) is 0 Å². The number of rotatable bonds is 3. The number of carboxylic acid groups (broad SMARTS) is 1. The lowest BCUT2D eigenvalue weighted by Crippen LogP contribution is -2.56. The summed E-state index contributed by atoms with van der Waals surface area (Å²) in [5.41, 5.74) is -1.82. The first-order valence-corrected chi connectivity index (χ1v) is 6.29. The molecule has 3 N–H and O–H groups in total. The van der Waals surface area contributed by atoms with E-state index in [0.29, 0.717) is 12.8 Å². The number of aromatic nitrogens is 1. The largest absolute Gasteiger partial charge is 0.480 e. The molecular weight excluding hydrogens is 248 g/mol. The average Bonchev–Trinajstić information content (AvgIpc) is 2.40. The Morgan fingerprint density at radius 3 is 2.53 bits per heavy atom. The van der Waals surface area contributed by atoms with Crippen LogP contribution in [0.15, 0.2) is 23.1 Å². The summed E-state index contributed by atoms with van der Waals surface area (Å²) in [4.78, 5) is 37.4. The van der Waals surface area contributed by atoms with Crippen LogP contribution >= 0.6 is 0 Å². The van der Waals surface area contributed by atoms with Crippen LogP contribution in [-0.4, -0.2) is 27.5 Å². The summed E-state index contributed by atoms with van der Waals surface area (Å²) >= 11 is 0. The Balaban J connectivity index is 2.23. The summed E-state index contributed by atoms with van der Waals surface area (Å²) in [6.45, 7) is 0. The highest BCUT2D eigenvalue weighted by molar-refractivity contribution is 5.97. The highest BCUT2D eigenvalue weighted by Crippen LogP contribution is 2.28.